The number of hydrogen-bond acceptors (Lipinski definition) is 5. The molecule has 5 nitrogen and oxygen atoms in total. The maximum atomic E-state index is 12.5. The van der Waals surface area contributed by atoms with Gasteiger partial charge in [0.1, 0.15) is 0 Å². The SMILES string of the molecule is CSC1(CN)CCN(C(C)C(=O)N2CCOCC2)CC1. The third-order valence-corrected chi connectivity index (χ3v) is 6.18. The zero-order valence-corrected chi connectivity index (χ0v) is 13.5. The van der Waals surface area contributed by atoms with Gasteiger partial charge in [-0.25, -0.2) is 0 Å². The van der Waals surface area contributed by atoms with Crippen LogP contribution in [0.1, 0.15) is 19.8 Å². The van der Waals surface area contributed by atoms with Crippen molar-refractivity contribution in [3.05, 3.63) is 0 Å². The van der Waals surface area contributed by atoms with Gasteiger partial charge in [-0.2, -0.15) is 11.8 Å². The summed E-state index contributed by atoms with van der Waals surface area (Å²) in [6.45, 7) is 7.50. The van der Waals surface area contributed by atoms with Gasteiger partial charge in [0.05, 0.1) is 19.3 Å². The molecule has 0 spiro atoms. The summed E-state index contributed by atoms with van der Waals surface area (Å²) < 4.78 is 5.53. The van der Waals surface area contributed by atoms with E-state index < -0.39 is 0 Å². The van der Waals surface area contributed by atoms with Gasteiger partial charge in [0.15, 0.2) is 0 Å². The van der Waals surface area contributed by atoms with Crippen LogP contribution in [0.2, 0.25) is 0 Å². The number of morpholine rings is 1. The molecule has 1 atom stereocenters. The van der Waals surface area contributed by atoms with Crippen molar-refractivity contribution >= 4 is 17.7 Å². The molecule has 2 N–H and O–H groups in total. The van der Waals surface area contributed by atoms with E-state index >= 15 is 0 Å². The lowest BCUT2D eigenvalue weighted by molar-refractivity contribution is -0.141. The van der Waals surface area contributed by atoms with E-state index in [9.17, 15) is 4.79 Å². The fourth-order valence-electron chi connectivity index (χ4n) is 3.01. The van der Waals surface area contributed by atoms with Gasteiger partial charge in [0, 0.05) is 37.5 Å². The van der Waals surface area contributed by atoms with Crippen LogP contribution in [-0.4, -0.2) is 78.7 Å². The quantitative estimate of drug-likeness (QED) is 0.814. The van der Waals surface area contributed by atoms with Crippen LogP contribution in [0.3, 0.4) is 0 Å². The topological polar surface area (TPSA) is 58.8 Å². The van der Waals surface area contributed by atoms with Crippen LogP contribution in [0, 0.1) is 0 Å². The Morgan fingerprint density at radius 1 is 1.30 bits per heavy atom. The first kappa shape index (κ1) is 16.1. The molecule has 0 aromatic heterocycles. The number of hydrogen-bond donors (Lipinski definition) is 1. The van der Waals surface area contributed by atoms with Crippen LogP contribution in [0.4, 0.5) is 0 Å². The number of ether oxygens (including phenoxy) is 1. The van der Waals surface area contributed by atoms with Crippen LogP contribution in [0.25, 0.3) is 0 Å². The second-order valence-electron chi connectivity index (χ2n) is 5.74. The Balaban J connectivity index is 1.87. The van der Waals surface area contributed by atoms with Crippen molar-refractivity contribution in [2.24, 2.45) is 5.73 Å². The molecule has 0 aromatic rings. The number of rotatable bonds is 4. The van der Waals surface area contributed by atoms with Crippen LogP contribution in [-0.2, 0) is 9.53 Å². The minimum atomic E-state index is -0.0225. The molecule has 2 saturated heterocycles. The van der Waals surface area contributed by atoms with Gasteiger partial charge in [-0.05, 0) is 26.0 Å². The van der Waals surface area contributed by atoms with Gasteiger partial charge in [-0.3, -0.25) is 9.69 Å². The van der Waals surface area contributed by atoms with Crippen LogP contribution in [0.15, 0.2) is 0 Å². The predicted molar refractivity (Wildman–Crippen MR) is 83.0 cm³/mol. The van der Waals surface area contributed by atoms with Crippen molar-refractivity contribution in [2.75, 3.05) is 52.2 Å². The Kier molecular flexibility index (Phi) is 5.72. The van der Waals surface area contributed by atoms with E-state index in [2.05, 4.69) is 11.2 Å². The van der Waals surface area contributed by atoms with Gasteiger partial charge in [0.2, 0.25) is 5.91 Å². The Labute approximate surface area is 126 Å². The third kappa shape index (κ3) is 3.47. The first-order valence-electron chi connectivity index (χ1n) is 7.48. The zero-order valence-electron chi connectivity index (χ0n) is 12.6. The van der Waals surface area contributed by atoms with E-state index in [1.54, 1.807) is 0 Å². The van der Waals surface area contributed by atoms with E-state index in [0.29, 0.717) is 13.2 Å². The number of carbonyl (C=O) groups is 1. The maximum absolute atomic E-state index is 12.5. The summed E-state index contributed by atoms with van der Waals surface area (Å²) in [5.41, 5.74) is 5.92. The third-order valence-electron chi connectivity index (χ3n) is 4.74. The number of piperidine rings is 1. The molecule has 116 valence electrons. The molecule has 20 heavy (non-hydrogen) atoms. The lowest BCUT2D eigenvalue weighted by Crippen LogP contribution is -2.55. The lowest BCUT2D eigenvalue weighted by Gasteiger charge is -2.43. The van der Waals surface area contributed by atoms with E-state index in [1.807, 2.05) is 23.6 Å². The van der Waals surface area contributed by atoms with Gasteiger partial charge in [0.25, 0.3) is 0 Å². The Hall–Kier alpha value is -0.300. The summed E-state index contributed by atoms with van der Waals surface area (Å²) in [4.78, 5) is 16.7. The highest BCUT2D eigenvalue weighted by molar-refractivity contribution is 8.00. The molecule has 0 aromatic carbocycles. The molecule has 1 unspecified atom stereocenters. The van der Waals surface area contributed by atoms with Gasteiger partial charge >= 0.3 is 0 Å². The summed E-state index contributed by atoms with van der Waals surface area (Å²) in [5, 5.41) is 0. The smallest absolute Gasteiger partial charge is 0.239 e. The minimum absolute atomic E-state index is 0.0225. The number of likely N-dealkylation sites (tertiary alicyclic amines) is 1. The number of carbonyl (C=O) groups excluding carboxylic acids is 1. The van der Waals surface area contributed by atoms with Crippen molar-refractivity contribution in [1.29, 1.82) is 0 Å². The summed E-state index contributed by atoms with van der Waals surface area (Å²) in [6.07, 6.45) is 4.29. The van der Waals surface area contributed by atoms with E-state index in [0.717, 1.165) is 45.6 Å². The fraction of sp³-hybridized carbons (Fsp3) is 0.929. The summed E-state index contributed by atoms with van der Waals surface area (Å²) in [7, 11) is 0. The highest BCUT2D eigenvalue weighted by atomic mass is 32.2. The fourth-order valence-corrected chi connectivity index (χ4v) is 3.77. The number of nitrogens with two attached hydrogens (primary N) is 1. The largest absolute Gasteiger partial charge is 0.378 e. The molecule has 2 aliphatic heterocycles. The molecular formula is C14H27N3O2S. The maximum Gasteiger partial charge on any atom is 0.239 e. The van der Waals surface area contributed by atoms with Crippen molar-refractivity contribution in [3.8, 4) is 0 Å². The van der Waals surface area contributed by atoms with E-state index in [-0.39, 0.29) is 16.7 Å². The Morgan fingerprint density at radius 3 is 2.40 bits per heavy atom. The van der Waals surface area contributed by atoms with Gasteiger partial charge < -0.3 is 15.4 Å². The Bertz CT molecular complexity index is 320. The summed E-state index contributed by atoms with van der Waals surface area (Å²) in [6, 6.07) is -0.0225. The Morgan fingerprint density at radius 2 is 1.90 bits per heavy atom. The highest BCUT2D eigenvalue weighted by Crippen LogP contribution is 2.34. The molecule has 2 fully saturated rings. The van der Waals surface area contributed by atoms with E-state index in [4.69, 9.17) is 10.5 Å². The summed E-state index contributed by atoms with van der Waals surface area (Å²) >= 11 is 1.88. The molecular weight excluding hydrogens is 274 g/mol. The molecule has 0 saturated carbocycles. The summed E-state index contributed by atoms with van der Waals surface area (Å²) in [5.74, 6) is 0.248. The highest BCUT2D eigenvalue weighted by Gasteiger charge is 2.36. The average molecular weight is 301 g/mol. The normalized spacial score (nSPS) is 25.4. The predicted octanol–water partition coefficient (Wildman–Crippen LogP) is 0.390. The average Bonchev–Trinajstić information content (AvgIpc) is 2.54. The van der Waals surface area contributed by atoms with Crippen molar-refractivity contribution < 1.29 is 9.53 Å². The molecule has 0 bridgehead atoms. The van der Waals surface area contributed by atoms with Crippen LogP contribution in [0.5, 0.6) is 0 Å². The lowest BCUT2D eigenvalue weighted by atomic mass is 9.94. The first-order chi connectivity index (χ1) is 9.62. The van der Waals surface area contributed by atoms with E-state index in [1.165, 1.54) is 0 Å². The second-order valence-corrected chi connectivity index (χ2v) is 7.02. The molecule has 0 aliphatic carbocycles. The number of nitrogens with zero attached hydrogens (tertiary/aromatic N) is 2. The standard InChI is InChI=1S/C14H27N3O2S/c1-12(13(18)17-7-9-19-10-8-17)16-5-3-14(11-15,20-2)4-6-16/h12H,3-11,15H2,1-2H3. The van der Waals surface area contributed by atoms with Crippen molar-refractivity contribution in [3.63, 3.8) is 0 Å². The van der Waals surface area contributed by atoms with Gasteiger partial charge in [-0.1, -0.05) is 0 Å². The number of thioether (sulfide) groups is 1. The van der Waals surface area contributed by atoms with Crippen LogP contribution < -0.4 is 5.73 Å². The minimum Gasteiger partial charge on any atom is -0.378 e. The zero-order chi connectivity index (χ0) is 14.6. The number of amides is 1. The van der Waals surface area contributed by atoms with Crippen LogP contribution >= 0.6 is 11.8 Å². The monoisotopic (exact) mass is 301 g/mol. The first-order valence-corrected chi connectivity index (χ1v) is 8.70. The van der Waals surface area contributed by atoms with Crippen molar-refractivity contribution in [1.82, 2.24) is 9.80 Å². The molecule has 2 aliphatic rings. The van der Waals surface area contributed by atoms with Crippen molar-refractivity contribution in [2.45, 2.75) is 30.6 Å². The molecule has 1 amide bonds. The van der Waals surface area contributed by atoms with Gasteiger partial charge in [-0.15, -0.1) is 0 Å². The molecule has 0 radical (unpaired) electrons. The second kappa shape index (κ2) is 7.11. The molecule has 6 heteroatoms. The molecule has 2 heterocycles. The molecule has 2 rings (SSSR count).